The molecule has 0 bridgehead atoms. The molecule has 1 fully saturated rings. The lowest BCUT2D eigenvalue weighted by Crippen LogP contribution is -2.43. The van der Waals surface area contributed by atoms with E-state index in [0.29, 0.717) is 10.6 Å². The Morgan fingerprint density at radius 2 is 1.76 bits per heavy atom. The van der Waals surface area contributed by atoms with Crippen LogP contribution in [0.5, 0.6) is 0 Å². The second kappa shape index (κ2) is 10.3. The molecule has 3 aromatic carbocycles. The van der Waals surface area contributed by atoms with Gasteiger partial charge in [0.25, 0.3) is 0 Å². The Hall–Kier alpha value is -2.35. The lowest BCUT2D eigenvalue weighted by Gasteiger charge is -2.31. The molecule has 1 saturated heterocycles. The predicted molar refractivity (Wildman–Crippen MR) is 141 cm³/mol. The van der Waals surface area contributed by atoms with Crippen molar-refractivity contribution in [2.45, 2.75) is 24.2 Å². The first-order valence-electron chi connectivity index (χ1n) is 11.2. The minimum Gasteiger partial charge on any atom is -0.369 e. The van der Waals surface area contributed by atoms with Crippen LogP contribution in [0.2, 0.25) is 0 Å². The van der Waals surface area contributed by atoms with Gasteiger partial charge < -0.3 is 15.5 Å². The van der Waals surface area contributed by atoms with E-state index in [1.807, 2.05) is 48.5 Å². The van der Waals surface area contributed by atoms with Gasteiger partial charge in [-0.2, -0.15) is 0 Å². The van der Waals surface area contributed by atoms with Gasteiger partial charge in [0.1, 0.15) is 0 Å². The zero-order chi connectivity index (χ0) is 23.4. The molecular weight excluding hydrogens is 498 g/mol. The number of benzene rings is 3. The molecule has 33 heavy (non-hydrogen) atoms. The SMILES string of the molecule is CC(Cc1cccc(Br)c1)c1cc(N2CCNCC2)cc(Nc2ccccc2)c1S(C)(=O)=O. The Morgan fingerprint density at radius 1 is 1.03 bits per heavy atom. The maximum atomic E-state index is 13.1. The van der Waals surface area contributed by atoms with Gasteiger partial charge in [0, 0.05) is 48.3 Å². The summed E-state index contributed by atoms with van der Waals surface area (Å²) in [6, 6.07) is 22.0. The molecular formula is C26H30BrN3O2S. The third kappa shape index (κ3) is 5.96. The first-order chi connectivity index (χ1) is 15.8. The standard InChI is InChI=1S/C26H30BrN3O2S/c1-19(15-20-7-6-8-21(27)16-20)24-17-23(30-13-11-28-12-14-30)18-25(26(24)33(2,31)32)29-22-9-4-3-5-10-22/h3-10,16-19,28-29H,11-15H2,1-2H3. The van der Waals surface area contributed by atoms with Crippen molar-refractivity contribution < 1.29 is 8.42 Å². The highest BCUT2D eigenvalue weighted by Gasteiger charge is 2.25. The number of anilines is 3. The van der Waals surface area contributed by atoms with E-state index in [9.17, 15) is 8.42 Å². The van der Waals surface area contributed by atoms with Crippen LogP contribution in [0.25, 0.3) is 0 Å². The molecule has 1 unspecified atom stereocenters. The van der Waals surface area contributed by atoms with E-state index in [4.69, 9.17) is 0 Å². The molecule has 3 aromatic rings. The first-order valence-corrected chi connectivity index (χ1v) is 13.9. The zero-order valence-electron chi connectivity index (χ0n) is 19.0. The minimum atomic E-state index is -3.48. The molecule has 1 aliphatic heterocycles. The zero-order valence-corrected chi connectivity index (χ0v) is 21.4. The maximum absolute atomic E-state index is 13.1. The fourth-order valence-corrected chi connectivity index (χ4v) is 6.06. The van der Waals surface area contributed by atoms with E-state index in [-0.39, 0.29) is 5.92 Å². The van der Waals surface area contributed by atoms with Crippen molar-refractivity contribution in [2.24, 2.45) is 0 Å². The summed E-state index contributed by atoms with van der Waals surface area (Å²) in [5.74, 6) is 0.0169. The summed E-state index contributed by atoms with van der Waals surface area (Å²) in [4.78, 5) is 2.71. The highest BCUT2D eigenvalue weighted by atomic mass is 79.9. The molecule has 2 N–H and O–H groups in total. The van der Waals surface area contributed by atoms with Crippen molar-refractivity contribution in [3.8, 4) is 0 Å². The Balaban J connectivity index is 1.83. The number of sulfone groups is 1. The minimum absolute atomic E-state index is 0.0169. The lowest BCUT2D eigenvalue weighted by molar-refractivity contribution is 0.587. The van der Waals surface area contributed by atoms with E-state index >= 15 is 0 Å². The number of rotatable bonds is 7. The number of piperazine rings is 1. The Labute approximate surface area is 205 Å². The molecule has 0 spiro atoms. The van der Waals surface area contributed by atoms with Gasteiger partial charge >= 0.3 is 0 Å². The molecule has 4 rings (SSSR count). The molecule has 7 heteroatoms. The van der Waals surface area contributed by atoms with E-state index in [2.05, 4.69) is 56.6 Å². The van der Waals surface area contributed by atoms with Gasteiger partial charge in [0.15, 0.2) is 9.84 Å². The third-order valence-corrected chi connectivity index (χ3v) is 7.66. The van der Waals surface area contributed by atoms with Crippen LogP contribution < -0.4 is 15.5 Å². The first kappa shape index (κ1) is 23.8. The molecule has 0 radical (unpaired) electrons. The van der Waals surface area contributed by atoms with E-state index in [1.165, 1.54) is 11.8 Å². The number of para-hydroxylation sites is 1. The van der Waals surface area contributed by atoms with Gasteiger partial charge in [-0.05, 0) is 59.9 Å². The topological polar surface area (TPSA) is 61.4 Å². The maximum Gasteiger partial charge on any atom is 0.177 e. The van der Waals surface area contributed by atoms with Crippen LogP contribution in [0.3, 0.4) is 0 Å². The van der Waals surface area contributed by atoms with Crippen molar-refractivity contribution in [1.82, 2.24) is 5.32 Å². The number of halogens is 1. The summed E-state index contributed by atoms with van der Waals surface area (Å²) in [6.45, 7) is 5.72. The largest absolute Gasteiger partial charge is 0.369 e. The van der Waals surface area contributed by atoms with Crippen LogP contribution in [0.4, 0.5) is 17.1 Å². The fourth-order valence-electron chi connectivity index (χ4n) is 4.42. The highest BCUT2D eigenvalue weighted by Crippen LogP contribution is 2.38. The number of nitrogens with one attached hydrogen (secondary N) is 2. The van der Waals surface area contributed by atoms with Gasteiger partial charge in [-0.3, -0.25) is 0 Å². The summed E-state index contributed by atoms with van der Waals surface area (Å²) in [7, 11) is -3.48. The third-order valence-electron chi connectivity index (χ3n) is 5.97. The van der Waals surface area contributed by atoms with Crippen LogP contribution in [-0.2, 0) is 16.3 Å². The fraction of sp³-hybridized carbons (Fsp3) is 0.308. The second-order valence-electron chi connectivity index (χ2n) is 8.65. The van der Waals surface area contributed by atoms with E-state index in [0.717, 1.165) is 54.0 Å². The summed E-state index contributed by atoms with van der Waals surface area (Å²) in [6.07, 6.45) is 2.05. The van der Waals surface area contributed by atoms with Crippen LogP contribution >= 0.6 is 15.9 Å². The molecule has 0 aromatic heterocycles. The lowest BCUT2D eigenvalue weighted by atomic mass is 9.92. The number of hydrogen-bond acceptors (Lipinski definition) is 5. The van der Waals surface area contributed by atoms with Crippen LogP contribution in [0.15, 0.2) is 76.1 Å². The van der Waals surface area contributed by atoms with Gasteiger partial charge in [-0.15, -0.1) is 0 Å². The second-order valence-corrected chi connectivity index (χ2v) is 11.5. The van der Waals surface area contributed by atoms with Crippen molar-refractivity contribution in [3.05, 3.63) is 82.3 Å². The quantitative estimate of drug-likeness (QED) is 0.433. The van der Waals surface area contributed by atoms with E-state index < -0.39 is 9.84 Å². The number of hydrogen-bond donors (Lipinski definition) is 2. The highest BCUT2D eigenvalue weighted by molar-refractivity contribution is 9.10. The monoisotopic (exact) mass is 527 g/mol. The van der Waals surface area contributed by atoms with Gasteiger partial charge in [0.05, 0.1) is 10.6 Å². The molecule has 1 atom stereocenters. The molecule has 1 aliphatic rings. The van der Waals surface area contributed by atoms with Gasteiger partial charge in [0.2, 0.25) is 0 Å². The summed E-state index contributed by atoms with van der Waals surface area (Å²) >= 11 is 3.55. The van der Waals surface area contributed by atoms with Crippen molar-refractivity contribution in [1.29, 1.82) is 0 Å². The number of nitrogens with zero attached hydrogens (tertiary/aromatic N) is 1. The summed E-state index contributed by atoms with van der Waals surface area (Å²) in [5.41, 5.74) is 4.58. The van der Waals surface area contributed by atoms with Crippen molar-refractivity contribution >= 4 is 42.8 Å². The summed E-state index contributed by atoms with van der Waals surface area (Å²) in [5, 5.41) is 6.79. The Bertz CT molecular complexity index is 1210. The summed E-state index contributed by atoms with van der Waals surface area (Å²) < 4.78 is 27.2. The smallest absolute Gasteiger partial charge is 0.177 e. The molecule has 174 valence electrons. The van der Waals surface area contributed by atoms with E-state index in [1.54, 1.807) is 0 Å². The van der Waals surface area contributed by atoms with Crippen molar-refractivity contribution in [3.63, 3.8) is 0 Å². The Morgan fingerprint density at radius 3 is 2.42 bits per heavy atom. The van der Waals surface area contributed by atoms with Gasteiger partial charge in [-0.1, -0.05) is 53.2 Å². The molecule has 5 nitrogen and oxygen atoms in total. The molecule has 0 amide bonds. The molecule has 0 saturated carbocycles. The Kier molecular flexibility index (Phi) is 7.41. The molecule has 0 aliphatic carbocycles. The average Bonchev–Trinajstić information content (AvgIpc) is 2.79. The predicted octanol–water partition coefficient (Wildman–Crippen LogP) is 5.35. The van der Waals surface area contributed by atoms with Crippen LogP contribution in [0, 0.1) is 0 Å². The van der Waals surface area contributed by atoms with Gasteiger partial charge in [-0.25, -0.2) is 8.42 Å². The molecule has 1 heterocycles. The van der Waals surface area contributed by atoms with Crippen LogP contribution in [-0.4, -0.2) is 40.9 Å². The normalized spacial score (nSPS) is 15.3. The van der Waals surface area contributed by atoms with Crippen molar-refractivity contribution in [2.75, 3.05) is 42.7 Å². The average molecular weight is 529 g/mol. The van der Waals surface area contributed by atoms with Crippen LogP contribution in [0.1, 0.15) is 24.0 Å².